The van der Waals surface area contributed by atoms with E-state index in [0.717, 1.165) is 24.3 Å². The van der Waals surface area contributed by atoms with Gasteiger partial charge in [0, 0.05) is 21.5 Å². The molecular formula is C34H14F6N6. The zero-order valence-electron chi connectivity index (χ0n) is 23.0. The molecule has 6 aromatic carbocycles. The molecule has 0 saturated heterocycles. The molecule has 7 aromatic rings. The number of hydrogen-bond donors (Lipinski definition) is 0. The van der Waals surface area contributed by atoms with Gasteiger partial charge in [-0.15, -0.1) is 9.91 Å². The van der Waals surface area contributed by atoms with Gasteiger partial charge in [-0.05, 0) is 58.7 Å². The highest BCUT2D eigenvalue weighted by molar-refractivity contribution is 6.15. The number of alkyl halides is 6. The molecule has 1 heterocycles. The Morgan fingerprint density at radius 3 is 1.41 bits per heavy atom. The van der Waals surface area contributed by atoms with Gasteiger partial charge in [0.1, 0.15) is 11.0 Å². The minimum atomic E-state index is -4.52. The first-order chi connectivity index (χ1) is 22.0. The van der Waals surface area contributed by atoms with E-state index in [2.05, 4.69) is 20.1 Å². The zero-order valence-corrected chi connectivity index (χ0v) is 23.0. The van der Waals surface area contributed by atoms with Crippen LogP contribution in [0.4, 0.5) is 26.3 Å². The van der Waals surface area contributed by atoms with E-state index in [0.29, 0.717) is 60.3 Å². The van der Waals surface area contributed by atoms with Crippen molar-refractivity contribution in [1.82, 2.24) is 9.97 Å². The Balaban J connectivity index is 1.46. The summed E-state index contributed by atoms with van der Waals surface area (Å²) < 4.78 is 79.4. The molecule has 12 heteroatoms. The number of halogens is 6. The summed E-state index contributed by atoms with van der Waals surface area (Å²) in [7, 11) is 0. The number of benzene rings is 4. The predicted molar refractivity (Wildman–Crippen MR) is 160 cm³/mol. The number of fused-ring (bicyclic) bond motifs is 6. The summed E-state index contributed by atoms with van der Waals surface area (Å²) in [5, 5.41) is 10.5. The molecule has 1 aromatic heterocycles. The molecule has 0 unspecified atom stereocenters. The van der Waals surface area contributed by atoms with Gasteiger partial charge < -0.3 is 0 Å². The Morgan fingerprint density at radius 2 is 0.935 bits per heavy atom. The molecule has 0 spiro atoms. The maximum atomic E-state index is 13.4. The second-order valence-corrected chi connectivity index (χ2v) is 10.4. The Labute approximate surface area is 254 Å². The Kier molecular flexibility index (Phi) is 6.35. The van der Waals surface area contributed by atoms with Gasteiger partial charge in [-0.2, -0.15) is 39.5 Å². The molecule has 7 rings (SSSR count). The van der Waals surface area contributed by atoms with Crippen LogP contribution in [0.5, 0.6) is 0 Å². The molecule has 0 N–H and O–H groups in total. The van der Waals surface area contributed by atoms with Crippen LogP contribution >= 0.6 is 0 Å². The normalized spacial score (nSPS) is 13.2. The van der Waals surface area contributed by atoms with Crippen molar-refractivity contribution in [1.29, 1.82) is 0 Å². The summed E-state index contributed by atoms with van der Waals surface area (Å²) in [6.45, 7) is 14.9. The standard InChI is InChI=1S/C34H14F6N6/c1-41-45-29-25-15-19(17-6-10-21(11-7-17)33(35,36)37)8-12-23(25)27-31(29)44-28-24-13-9-20(16-26(24)30(46-42-2)32(28)43-27)18-4-3-5-22(14-18)34(38,39)40/h3-16H/b45-29-,46-30+. The van der Waals surface area contributed by atoms with Crippen LogP contribution in [-0.4, -0.2) is 9.97 Å². The number of aromatic nitrogens is 2. The van der Waals surface area contributed by atoms with Crippen LogP contribution in [0, 0.1) is 13.1 Å². The molecule has 0 aliphatic rings. The van der Waals surface area contributed by atoms with Gasteiger partial charge in [-0.3, -0.25) is 0 Å². The average molecular weight is 621 g/mol. The Morgan fingerprint density at radius 1 is 0.478 bits per heavy atom. The third-order valence-electron chi connectivity index (χ3n) is 7.77. The van der Waals surface area contributed by atoms with Gasteiger partial charge in [-0.25, -0.2) is 9.97 Å². The lowest BCUT2D eigenvalue weighted by atomic mass is 10.0. The van der Waals surface area contributed by atoms with Crippen LogP contribution in [0.25, 0.3) is 75.8 Å². The molecule has 0 amide bonds. The highest BCUT2D eigenvalue weighted by Gasteiger charge is 2.31. The molecule has 46 heavy (non-hydrogen) atoms. The van der Waals surface area contributed by atoms with E-state index in [1.807, 2.05) is 0 Å². The quantitative estimate of drug-likeness (QED) is 0.110. The SMILES string of the molecule is [C-]#[N+]/N=c1/c2cc(-c3ccc(C(F)(F)F)cc3)ccc2c2nc3/c(=N/[N+]#[C-])c4cc(-c5cccc(C(F)(F)F)c5)ccc4c3nc12. The van der Waals surface area contributed by atoms with Crippen molar-refractivity contribution < 1.29 is 26.3 Å². The number of nitrogens with zero attached hydrogens (tertiary/aromatic N) is 6. The van der Waals surface area contributed by atoms with Gasteiger partial charge in [-0.1, -0.05) is 48.5 Å². The summed E-state index contributed by atoms with van der Waals surface area (Å²) in [6, 6.07) is 19.7. The van der Waals surface area contributed by atoms with Gasteiger partial charge in [0.2, 0.25) is 0 Å². The third kappa shape index (κ3) is 4.59. The predicted octanol–water partition coefficient (Wildman–Crippen LogP) is 8.81. The van der Waals surface area contributed by atoms with Crippen molar-refractivity contribution in [2.45, 2.75) is 12.4 Å². The first-order valence-corrected chi connectivity index (χ1v) is 13.4. The lowest BCUT2D eigenvalue weighted by molar-refractivity contribution is -0.138. The maximum absolute atomic E-state index is 13.4. The van der Waals surface area contributed by atoms with Crippen molar-refractivity contribution >= 4 is 43.6 Å². The van der Waals surface area contributed by atoms with E-state index in [-0.39, 0.29) is 16.2 Å². The highest BCUT2D eigenvalue weighted by atomic mass is 19.4. The summed E-state index contributed by atoms with van der Waals surface area (Å²) in [4.78, 5) is 16.0. The summed E-state index contributed by atoms with van der Waals surface area (Å²) in [5.74, 6) is 0. The topological polar surface area (TPSA) is 59.2 Å². The van der Waals surface area contributed by atoms with E-state index in [4.69, 9.17) is 23.1 Å². The number of hydrogen-bond acceptors (Lipinski definition) is 4. The van der Waals surface area contributed by atoms with E-state index in [1.165, 1.54) is 18.2 Å². The minimum absolute atomic E-state index is 0.197. The van der Waals surface area contributed by atoms with Crippen molar-refractivity contribution in [3.8, 4) is 22.3 Å². The first kappa shape index (κ1) is 28.6. The molecule has 0 saturated carbocycles. The van der Waals surface area contributed by atoms with E-state index >= 15 is 0 Å². The summed E-state index contributed by atoms with van der Waals surface area (Å²) in [5.41, 5.74) is 1.65. The second-order valence-electron chi connectivity index (χ2n) is 10.4. The molecule has 0 atom stereocenters. The molecule has 6 nitrogen and oxygen atoms in total. The first-order valence-electron chi connectivity index (χ1n) is 13.4. The van der Waals surface area contributed by atoms with Crippen LogP contribution in [-0.2, 0) is 12.4 Å². The maximum Gasteiger partial charge on any atom is 0.416 e. The molecular weight excluding hydrogens is 606 g/mol. The average Bonchev–Trinajstić information content (AvgIpc) is 3.50. The van der Waals surface area contributed by atoms with Gasteiger partial charge in [0.05, 0.1) is 32.4 Å². The largest absolute Gasteiger partial charge is 0.416 e. The summed E-state index contributed by atoms with van der Waals surface area (Å²) >= 11 is 0. The molecule has 0 fully saturated rings. The fourth-order valence-corrected chi connectivity index (χ4v) is 5.68. The van der Waals surface area contributed by atoms with Crippen LogP contribution < -0.4 is 10.7 Å². The van der Waals surface area contributed by atoms with E-state index in [9.17, 15) is 26.3 Å². The van der Waals surface area contributed by atoms with E-state index in [1.54, 1.807) is 42.5 Å². The lowest BCUT2D eigenvalue weighted by Gasteiger charge is -2.09. The Bertz CT molecular complexity index is 2580. The smallest absolute Gasteiger partial charge is 0.241 e. The van der Waals surface area contributed by atoms with Crippen molar-refractivity contribution in [2.24, 2.45) is 10.2 Å². The van der Waals surface area contributed by atoms with E-state index < -0.39 is 23.5 Å². The molecule has 0 bridgehead atoms. The van der Waals surface area contributed by atoms with Crippen molar-refractivity contribution in [2.75, 3.05) is 0 Å². The second kappa shape index (κ2) is 10.2. The molecule has 0 aliphatic heterocycles. The zero-order chi connectivity index (χ0) is 32.4. The highest BCUT2D eigenvalue weighted by Crippen LogP contribution is 2.36. The van der Waals surface area contributed by atoms with Crippen LogP contribution in [0.15, 0.2) is 95.1 Å². The fraction of sp³-hybridized carbons (Fsp3) is 0.0588. The fourth-order valence-electron chi connectivity index (χ4n) is 5.68. The van der Waals surface area contributed by atoms with Crippen LogP contribution in [0.2, 0.25) is 0 Å². The molecule has 0 aliphatic carbocycles. The van der Waals surface area contributed by atoms with Crippen LogP contribution in [0.3, 0.4) is 0 Å². The molecule has 222 valence electrons. The van der Waals surface area contributed by atoms with Crippen molar-refractivity contribution in [3.63, 3.8) is 0 Å². The lowest BCUT2D eigenvalue weighted by Crippen LogP contribution is -2.04. The van der Waals surface area contributed by atoms with Crippen LogP contribution in [0.1, 0.15) is 11.1 Å². The minimum Gasteiger partial charge on any atom is -0.241 e. The third-order valence-corrected chi connectivity index (χ3v) is 7.77. The summed E-state index contributed by atoms with van der Waals surface area (Å²) in [6.07, 6.45) is -8.99. The number of rotatable bonds is 2. The van der Waals surface area contributed by atoms with Gasteiger partial charge >= 0.3 is 12.4 Å². The Hall–Kier alpha value is -6.14. The molecule has 0 radical (unpaired) electrons. The van der Waals surface area contributed by atoms with Gasteiger partial charge in [0.15, 0.2) is 10.7 Å². The van der Waals surface area contributed by atoms with Crippen molar-refractivity contribution in [3.05, 3.63) is 130 Å². The monoisotopic (exact) mass is 620 g/mol. The van der Waals surface area contributed by atoms with Gasteiger partial charge in [0.25, 0.3) is 0 Å².